The van der Waals surface area contributed by atoms with Crippen molar-refractivity contribution in [1.29, 1.82) is 0 Å². The predicted octanol–water partition coefficient (Wildman–Crippen LogP) is 2.76. The summed E-state index contributed by atoms with van der Waals surface area (Å²) >= 11 is 0. The molecule has 0 aliphatic carbocycles. The first-order valence-corrected chi connectivity index (χ1v) is 6.80. The molecule has 0 fully saturated rings. The van der Waals surface area contributed by atoms with Gasteiger partial charge in [-0.2, -0.15) is 0 Å². The first kappa shape index (κ1) is 14.6. The largest absolute Gasteiger partial charge is 0.508 e. The van der Waals surface area contributed by atoms with Crippen molar-refractivity contribution in [2.45, 2.75) is 0 Å². The lowest BCUT2D eigenvalue weighted by molar-refractivity contribution is 0.102. The number of para-hydroxylation sites is 1. The minimum Gasteiger partial charge on any atom is -0.508 e. The first-order valence-electron chi connectivity index (χ1n) is 6.80. The van der Waals surface area contributed by atoms with E-state index in [9.17, 15) is 14.7 Å². The van der Waals surface area contributed by atoms with Crippen molar-refractivity contribution in [3.8, 4) is 11.5 Å². The highest BCUT2D eigenvalue weighted by Crippen LogP contribution is 2.24. The summed E-state index contributed by atoms with van der Waals surface area (Å²) in [6.45, 7) is 0. The fourth-order valence-corrected chi connectivity index (χ4v) is 2.22. The molecule has 0 atom stereocenters. The van der Waals surface area contributed by atoms with Gasteiger partial charge < -0.3 is 19.6 Å². The topological polar surface area (TPSA) is 88.8 Å². The molecule has 116 valence electrons. The van der Waals surface area contributed by atoms with Gasteiger partial charge in [-0.25, -0.2) is 4.79 Å². The van der Waals surface area contributed by atoms with E-state index in [0.717, 1.165) is 0 Å². The number of benzene rings is 2. The van der Waals surface area contributed by atoms with E-state index in [1.807, 2.05) is 0 Å². The molecule has 0 unspecified atom stereocenters. The van der Waals surface area contributed by atoms with Crippen molar-refractivity contribution >= 4 is 22.6 Å². The van der Waals surface area contributed by atoms with Crippen LogP contribution in [0, 0.1) is 0 Å². The van der Waals surface area contributed by atoms with Gasteiger partial charge in [0, 0.05) is 17.1 Å². The fraction of sp³-hybridized carbons (Fsp3) is 0.0588. The Morgan fingerprint density at radius 2 is 1.96 bits per heavy atom. The number of anilines is 1. The van der Waals surface area contributed by atoms with Crippen LogP contribution < -0.4 is 15.7 Å². The van der Waals surface area contributed by atoms with Crippen LogP contribution in [0.25, 0.3) is 11.0 Å². The van der Waals surface area contributed by atoms with Gasteiger partial charge in [-0.1, -0.05) is 18.2 Å². The van der Waals surface area contributed by atoms with E-state index in [1.165, 1.54) is 25.3 Å². The van der Waals surface area contributed by atoms with E-state index < -0.39 is 11.5 Å². The highest BCUT2D eigenvalue weighted by Gasteiger charge is 2.15. The molecule has 6 heteroatoms. The molecule has 2 N–H and O–H groups in total. The van der Waals surface area contributed by atoms with Gasteiger partial charge in [-0.15, -0.1) is 0 Å². The zero-order chi connectivity index (χ0) is 16.4. The number of rotatable bonds is 3. The van der Waals surface area contributed by atoms with Crippen molar-refractivity contribution in [2.75, 3.05) is 12.4 Å². The molecule has 0 bridgehead atoms. The van der Waals surface area contributed by atoms with Gasteiger partial charge in [0.1, 0.15) is 11.3 Å². The van der Waals surface area contributed by atoms with Crippen LogP contribution in [0.4, 0.5) is 5.69 Å². The van der Waals surface area contributed by atoms with E-state index in [-0.39, 0.29) is 16.9 Å². The number of methoxy groups -OCH3 is 1. The maximum absolute atomic E-state index is 12.3. The smallest absolute Gasteiger partial charge is 0.349 e. The van der Waals surface area contributed by atoms with Crippen molar-refractivity contribution in [1.82, 2.24) is 0 Å². The van der Waals surface area contributed by atoms with Crippen molar-refractivity contribution in [3.05, 3.63) is 64.5 Å². The van der Waals surface area contributed by atoms with Gasteiger partial charge in [-0.3, -0.25) is 4.79 Å². The van der Waals surface area contributed by atoms with Crippen LogP contribution >= 0.6 is 0 Å². The molecule has 1 aromatic heterocycles. The van der Waals surface area contributed by atoms with Crippen LogP contribution in [0.1, 0.15) is 10.4 Å². The van der Waals surface area contributed by atoms with E-state index in [4.69, 9.17) is 9.15 Å². The minimum absolute atomic E-state index is 0.0121. The van der Waals surface area contributed by atoms with Gasteiger partial charge in [0.05, 0.1) is 7.11 Å². The minimum atomic E-state index is -0.764. The summed E-state index contributed by atoms with van der Waals surface area (Å²) in [7, 11) is 1.47. The number of hydrogen-bond acceptors (Lipinski definition) is 5. The molecular weight excluding hydrogens is 298 g/mol. The lowest BCUT2D eigenvalue weighted by Gasteiger charge is -2.07. The SMILES string of the molecule is COc1cccc2cc(C(=O)Nc3cccc(O)c3)c(=O)oc12. The second kappa shape index (κ2) is 5.84. The Kier molecular flexibility index (Phi) is 3.72. The molecule has 0 aliphatic heterocycles. The maximum atomic E-state index is 12.3. The summed E-state index contributed by atoms with van der Waals surface area (Å²) in [5, 5.41) is 12.5. The second-order valence-corrected chi connectivity index (χ2v) is 4.83. The van der Waals surface area contributed by atoms with Gasteiger partial charge in [-0.05, 0) is 24.3 Å². The average molecular weight is 311 g/mol. The van der Waals surface area contributed by atoms with Crippen molar-refractivity contribution in [2.24, 2.45) is 0 Å². The molecule has 3 rings (SSSR count). The van der Waals surface area contributed by atoms with Gasteiger partial charge in [0.15, 0.2) is 11.3 Å². The monoisotopic (exact) mass is 311 g/mol. The highest BCUT2D eigenvalue weighted by molar-refractivity contribution is 6.05. The molecule has 3 aromatic rings. The summed E-state index contributed by atoms with van der Waals surface area (Å²) in [5.74, 6) is -0.188. The number of fused-ring (bicyclic) bond motifs is 1. The van der Waals surface area contributed by atoms with Gasteiger partial charge in [0.25, 0.3) is 5.91 Å². The Labute approximate surface area is 130 Å². The summed E-state index contributed by atoms with van der Waals surface area (Å²) in [6.07, 6.45) is 0. The third-order valence-electron chi connectivity index (χ3n) is 3.29. The molecule has 2 aromatic carbocycles. The number of amides is 1. The molecule has 1 heterocycles. The zero-order valence-corrected chi connectivity index (χ0v) is 12.2. The van der Waals surface area contributed by atoms with Crippen LogP contribution in [-0.4, -0.2) is 18.1 Å². The van der Waals surface area contributed by atoms with Crippen LogP contribution in [0.15, 0.2) is 57.7 Å². The van der Waals surface area contributed by atoms with Crippen LogP contribution in [-0.2, 0) is 0 Å². The first-order chi connectivity index (χ1) is 11.1. The number of phenols is 1. The summed E-state index contributed by atoms with van der Waals surface area (Å²) in [6, 6.07) is 12.6. The molecule has 1 amide bonds. The van der Waals surface area contributed by atoms with Gasteiger partial charge >= 0.3 is 5.63 Å². The normalized spacial score (nSPS) is 10.5. The number of aromatic hydroxyl groups is 1. The highest BCUT2D eigenvalue weighted by atomic mass is 16.5. The number of nitrogens with one attached hydrogen (secondary N) is 1. The summed E-state index contributed by atoms with van der Waals surface area (Å²) in [5.41, 5.74) is -0.234. The summed E-state index contributed by atoms with van der Waals surface area (Å²) < 4.78 is 10.3. The third kappa shape index (κ3) is 2.87. The molecule has 6 nitrogen and oxygen atoms in total. The number of phenolic OH excluding ortho intramolecular Hbond substituents is 1. The maximum Gasteiger partial charge on any atom is 0.349 e. The number of hydrogen-bond donors (Lipinski definition) is 2. The van der Waals surface area contributed by atoms with Crippen LogP contribution in [0.2, 0.25) is 0 Å². The Morgan fingerprint density at radius 1 is 1.17 bits per heavy atom. The average Bonchev–Trinajstić information content (AvgIpc) is 2.53. The predicted molar refractivity (Wildman–Crippen MR) is 85.1 cm³/mol. The van der Waals surface area contributed by atoms with E-state index in [0.29, 0.717) is 16.8 Å². The zero-order valence-electron chi connectivity index (χ0n) is 12.2. The molecule has 0 saturated carbocycles. The molecule has 0 aliphatic rings. The fourth-order valence-electron chi connectivity index (χ4n) is 2.22. The summed E-state index contributed by atoms with van der Waals surface area (Å²) in [4.78, 5) is 24.3. The second-order valence-electron chi connectivity index (χ2n) is 4.83. The number of carbonyl (C=O) groups excluding carboxylic acids is 1. The van der Waals surface area contributed by atoms with E-state index >= 15 is 0 Å². The standard InChI is InChI=1S/C17H13NO5/c1-22-14-7-2-4-10-8-13(17(21)23-15(10)14)16(20)18-11-5-3-6-12(19)9-11/h2-9,19H,1H3,(H,18,20). The van der Waals surface area contributed by atoms with Crippen molar-refractivity contribution in [3.63, 3.8) is 0 Å². The number of ether oxygens (including phenoxy) is 1. The van der Waals surface area contributed by atoms with Crippen LogP contribution in [0.5, 0.6) is 11.5 Å². The Bertz CT molecular complexity index is 945. The quantitative estimate of drug-likeness (QED) is 0.726. The van der Waals surface area contributed by atoms with Crippen molar-refractivity contribution < 1.29 is 19.1 Å². The molecule has 0 saturated heterocycles. The third-order valence-corrected chi connectivity index (χ3v) is 3.29. The lowest BCUT2D eigenvalue weighted by Crippen LogP contribution is -2.20. The Morgan fingerprint density at radius 3 is 2.70 bits per heavy atom. The van der Waals surface area contributed by atoms with Gasteiger partial charge in [0.2, 0.25) is 0 Å². The van der Waals surface area contributed by atoms with Crippen LogP contribution in [0.3, 0.4) is 0 Å². The Balaban J connectivity index is 2.01. The number of carbonyl (C=O) groups is 1. The molecule has 0 radical (unpaired) electrons. The molecular formula is C17H13NO5. The molecule has 0 spiro atoms. The van der Waals surface area contributed by atoms with E-state index in [1.54, 1.807) is 30.3 Å². The Hall–Kier alpha value is -3.28. The van der Waals surface area contributed by atoms with E-state index in [2.05, 4.69) is 5.32 Å². The molecule has 23 heavy (non-hydrogen) atoms. The lowest BCUT2D eigenvalue weighted by atomic mass is 10.1.